The van der Waals surface area contributed by atoms with Crippen molar-refractivity contribution in [2.24, 2.45) is 0 Å². The maximum Gasteiger partial charge on any atom is 0.330 e. The third-order valence-corrected chi connectivity index (χ3v) is 3.25. The first kappa shape index (κ1) is 14.5. The highest BCUT2D eigenvalue weighted by Gasteiger charge is 2.24. The molecule has 7 heteroatoms. The predicted molar refractivity (Wildman–Crippen MR) is 66.0 cm³/mol. The number of carbonyl (C=O) groups excluding carboxylic acids is 2. The van der Waals surface area contributed by atoms with Gasteiger partial charge in [-0.3, -0.25) is 4.79 Å². The Hall–Kier alpha value is -1.60. The molecule has 0 fully saturated rings. The summed E-state index contributed by atoms with van der Waals surface area (Å²) >= 11 is 1.25. The van der Waals surface area contributed by atoms with Crippen molar-refractivity contribution in [2.75, 3.05) is 20.8 Å². The normalized spacial score (nSPS) is 11.8. The van der Waals surface area contributed by atoms with Gasteiger partial charge in [0.1, 0.15) is 10.6 Å². The highest BCUT2D eigenvalue weighted by Crippen LogP contribution is 2.28. The van der Waals surface area contributed by atoms with Crippen molar-refractivity contribution >= 4 is 23.2 Å². The first-order valence-electron chi connectivity index (χ1n) is 5.17. The van der Waals surface area contributed by atoms with Crippen LogP contribution in [0.15, 0.2) is 6.07 Å². The monoisotopic (exact) mass is 273 g/mol. The Balaban J connectivity index is 2.83. The fraction of sp³-hybridized carbons (Fsp3) is 0.455. The third-order valence-electron chi connectivity index (χ3n) is 2.22. The number of hydrogen-bond acceptors (Lipinski definition) is 6. The van der Waals surface area contributed by atoms with Crippen molar-refractivity contribution in [3.8, 4) is 5.75 Å². The minimum Gasteiger partial charge on any atom is -0.495 e. The highest BCUT2D eigenvalue weighted by atomic mass is 32.1. The number of methoxy groups -OCH3 is 2. The Morgan fingerprint density at radius 3 is 2.67 bits per heavy atom. The van der Waals surface area contributed by atoms with E-state index in [1.165, 1.54) is 25.6 Å². The Morgan fingerprint density at radius 2 is 2.17 bits per heavy atom. The molecule has 0 radical (unpaired) electrons. The van der Waals surface area contributed by atoms with Gasteiger partial charge in [-0.25, -0.2) is 4.79 Å². The Kier molecular flexibility index (Phi) is 5.11. The molecule has 0 aliphatic rings. The Morgan fingerprint density at radius 1 is 1.50 bits per heavy atom. The second-order valence-electron chi connectivity index (χ2n) is 3.49. The molecule has 18 heavy (non-hydrogen) atoms. The number of nitrogens with one attached hydrogen (secondary N) is 1. The Labute approximate surface area is 109 Å². The number of carbonyl (C=O) groups is 2. The fourth-order valence-electron chi connectivity index (χ4n) is 1.35. The van der Waals surface area contributed by atoms with Gasteiger partial charge in [0, 0.05) is 4.88 Å². The van der Waals surface area contributed by atoms with Gasteiger partial charge in [-0.15, -0.1) is 11.3 Å². The molecule has 1 atom stereocenters. The van der Waals surface area contributed by atoms with Crippen molar-refractivity contribution in [3.05, 3.63) is 15.8 Å². The lowest BCUT2D eigenvalue weighted by Crippen LogP contribution is -2.43. The van der Waals surface area contributed by atoms with E-state index in [-0.39, 0.29) is 0 Å². The molecular weight excluding hydrogens is 258 g/mol. The van der Waals surface area contributed by atoms with Crippen molar-refractivity contribution in [3.63, 3.8) is 0 Å². The molecule has 1 aromatic heterocycles. The zero-order chi connectivity index (χ0) is 13.7. The number of esters is 1. The van der Waals surface area contributed by atoms with E-state index in [2.05, 4.69) is 10.1 Å². The van der Waals surface area contributed by atoms with Crippen LogP contribution in [-0.2, 0) is 9.53 Å². The second kappa shape index (κ2) is 6.36. The zero-order valence-electron chi connectivity index (χ0n) is 10.4. The molecule has 0 aromatic carbocycles. The van der Waals surface area contributed by atoms with Crippen LogP contribution in [0.25, 0.3) is 0 Å². The second-order valence-corrected chi connectivity index (χ2v) is 4.74. The lowest BCUT2D eigenvalue weighted by Gasteiger charge is -2.13. The first-order chi connectivity index (χ1) is 8.53. The molecule has 1 aromatic rings. The number of amides is 1. The number of hydrogen-bond donors (Lipinski definition) is 2. The molecule has 1 unspecified atom stereocenters. The number of rotatable bonds is 5. The molecule has 1 heterocycles. The quantitative estimate of drug-likeness (QED) is 0.755. The summed E-state index contributed by atoms with van der Waals surface area (Å²) in [5.74, 6) is -0.732. The van der Waals surface area contributed by atoms with Gasteiger partial charge in [0.2, 0.25) is 0 Å². The fourth-order valence-corrected chi connectivity index (χ4v) is 2.23. The first-order valence-corrected chi connectivity index (χ1v) is 5.99. The van der Waals surface area contributed by atoms with Crippen LogP contribution in [-0.4, -0.2) is 43.9 Å². The molecule has 0 saturated carbocycles. The predicted octanol–water partition coefficient (Wildman–Crippen LogP) is 0.329. The van der Waals surface area contributed by atoms with Crippen LogP contribution in [0, 0.1) is 6.92 Å². The number of aliphatic hydroxyl groups excluding tert-OH is 1. The van der Waals surface area contributed by atoms with Crippen LogP contribution in [0.5, 0.6) is 5.75 Å². The van der Waals surface area contributed by atoms with Gasteiger partial charge in [0.05, 0.1) is 20.8 Å². The molecule has 0 aliphatic heterocycles. The van der Waals surface area contributed by atoms with Gasteiger partial charge < -0.3 is 19.9 Å². The number of thiophene rings is 1. The van der Waals surface area contributed by atoms with Crippen molar-refractivity contribution in [1.29, 1.82) is 0 Å². The Bertz CT molecular complexity index is 443. The van der Waals surface area contributed by atoms with Crippen LogP contribution >= 0.6 is 11.3 Å². The SMILES string of the molecule is COC(=O)C(CO)NC(=O)c1sc(C)cc1OC. The van der Waals surface area contributed by atoms with Crippen LogP contribution in [0.1, 0.15) is 14.5 Å². The van der Waals surface area contributed by atoms with E-state index in [4.69, 9.17) is 9.84 Å². The molecule has 6 nitrogen and oxygen atoms in total. The molecule has 1 rings (SSSR count). The molecular formula is C11H15NO5S. The smallest absolute Gasteiger partial charge is 0.330 e. The standard InChI is InChI=1S/C11H15NO5S/c1-6-4-8(16-2)9(18-6)10(14)12-7(5-13)11(15)17-3/h4,7,13H,5H2,1-3H3,(H,12,14). The van der Waals surface area contributed by atoms with Crippen molar-refractivity contribution in [2.45, 2.75) is 13.0 Å². The molecule has 0 saturated heterocycles. The minimum absolute atomic E-state index is 0.359. The summed E-state index contributed by atoms with van der Waals surface area (Å²) in [7, 11) is 2.65. The number of aryl methyl sites for hydroxylation is 1. The van der Waals surface area contributed by atoms with Crippen LogP contribution in [0.4, 0.5) is 0 Å². The summed E-state index contributed by atoms with van der Waals surface area (Å²) in [6, 6.07) is 0.653. The van der Waals surface area contributed by atoms with Gasteiger partial charge in [-0.1, -0.05) is 0 Å². The summed E-state index contributed by atoms with van der Waals surface area (Å²) in [6.45, 7) is 1.32. The maximum atomic E-state index is 11.9. The molecule has 100 valence electrons. The average Bonchev–Trinajstić information content (AvgIpc) is 2.76. The molecule has 0 spiro atoms. The van der Waals surface area contributed by atoms with Gasteiger partial charge in [-0.05, 0) is 13.0 Å². The number of aliphatic hydroxyl groups is 1. The topological polar surface area (TPSA) is 84.9 Å². The van der Waals surface area contributed by atoms with Gasteiger partial charge in [-0.2, -0.15) is 0 Å². The summed E-state index contributed by atoms with van der Waals surface area (Å²) in [6.07, 6.45) is 0. The summed E-state index contributed by atoms with van der Waals surface area (Å²) in [4.78, 5) is 24.4. The van der Waals surface area contributed by atoms with E-state index in [9.17, 15) is 9.59 Å². The van der Waals surface area contributed by atoms with Gasteiger partial charge in [0.25, 0.3) is 5.91 Å². The van der Waals surface area contributed by atoms with Crippen LogP contribution in [0.2, 0.25) is 0 Å². The lowest BCUT2D eigenvalue weighted by atomic mass is 10.3. The molecule has 0 bridgehead atoms. The van der Waals surface area contributed by atoms with E-state index >= 15 is 0 Å². The highest BCUT2D eigenvalue weighted by molar-refractivity contribution is 7.14. The maximum absolute atomic E-state index is 11.9. The molecule has 2 N–H and O–H groups in total. The lowest BCUT2D eigenvalue weighted by molar-refractivity contribution is -0.143. The van der Waals surface area contributed by atoms with Gasteiger partial charge in [0.15, 0.2) is 6.04 Å². The average molecular weight is 273 g/mol. The van der Waals surface area contributed by atoms with Crippen molar-refractivity contribution in [1.82, 2.24) is 5.32 Å². The van der Waals surface area contributed by atoms with E-state index in [1.54, 1.807) is 6.07 Å². The summed E-state index contributed by atoms with van der Waals surface area (Å²) in [5.41, 5.74) is 0. The summed E-state index contributed by atoms with van der Waals surface area (Å²) < 4.78 is 9.52. The summed E-state index contributed by atoms with van der Waals surface area (Å²) in [5, 5.41) is 11.4. The zero-order valence-corrected chi connectivity index (χ0v) is 11.2. The van der Waals surface area contributed by atoms with Crippen LogP contribution < -0.4 is 10.1 Å². The molecule has 1 amide bonds. The van der Waals surface area contributed by atoms with Crippen molar-refractivity contribution < 1.29 is 24.2 Å². The third kappa shape index (κ3) is 3.21. The van der Waals surface area contributed by atoms with E-state index in [0.29, 0.717) is 10.6 Å². The van der Waals surface area contributed by atoms with Crippen LogP contribution in [0.3, 0.4) is 0 Å². The number of ether oxygens (including phenoxy) is 2. The largest absolute Gasteiger partial charge is 0.495 e. The van der Waals surface area contributed by atoms with Gasteiger partial charge >= 0.3 is 5.97 Å². The van der Waals surface area contributed by atoms with E-state index in [0.717, 1.165) is 4.88 Å². The van der Waals surface area contributed by atoms with E-state index in [1.807, 2.05) is 6.92 Å². The minimum atomic E-state index is -1.07. The molecule has 0 aliphatic carbocycles. The van der Waals surface area contributed by atoms with E-state index < -0.39 is 24.5 Å².